The summed E-state index contributed by atoms with van der Waals surface area (Å²) in [6.07, 6.45) is 1.62. The third kappa shape index (κ3) is 2.55. The Balaban J connectivity index is 2.77. The topological polar surface area (TPSA) is 58.6 Å². The predicted octanol–water partition coefficient (Wildman–Crippen LogP) is 1.50. The summed E-state index contributed by atoms with van der Waals surface area (Å²) in [5, 5.41) is 12.6. The maximum atomic E-state index is 11.5. The Morgan fingerprint density at radius 3 is 2.56 bits per heavy atom. The monoisotopic (exact) mass is 229 g/mol. The molecule has 0 aromatic heterocycles. The van der Waals surface area contributed by atoms with Gasteiger partial charge in [-0.15, -0.1) is 0 Å². The summed E-state index contributed by atoms with van der Waals surface area (Å²) in [4.78, 5) is 11.5. The van der Waals surface area contributed by atoms with Gasteiger partial charge in [-0.1, -0.05) is 20.8 Å². The summed E-state index contributed by atoms with van der Waals surface area (Å²) in [6, 6.07) is 0. The van der Waals surface area contributed by atoms with Crippen molar-refractivity contribution in [2.75, 3.05) is 20.3 Å². The van der Waals surface area contributed by atoms with Gasteiger partial charge in [0.2, 0.25) is 0 Å². The van der Waals surface area contributed by atoms with E-state index in [1.165, 1.54) is 0 Å². The van der Waals surface area contributed by atoms with Crippen molar-refractivity contribution in [2.45, 2.75) is 39.2 Å². The van der Waals surface area contributed by atoms with E-state index in [-0.39, 0.29) is 11.3 Å². The number of rotatable bonds is 5. The number of methoxy groups -OCH3 is 1. The highest BCUT2D eigenvalue weighted by molar-refractivity contribution is 5.80. The van der Waals surface area contributed by atoms with Gasteiger partial charge in [0, 0.05) is 13.7 Å². The Morgan fingerprint density at radius 1 is 1.56 bits per heavy atom. The van der Waals surface area contributed by atoms with Gasteiger partial charge in [0.15, 0.2) is 0 Å². The zero-order chi connectivity index (χ0) is 12.4. The van der Waals surface area contributed by atoms with Gasteiger partial charge in [0.1, 0.15) is 5.54 Å². The fourth-order valence-electron chi connectivity index (χ4n) is 2.98. The lowest BCUT2D eigenvalue weighted by molar-refractivity contribution is -0.146. The second-order valence-corrected chi connectivity index (χ2v) is 5.64. The lowest BCUT2D eigenvalue weighted by Crippen LogP contribution is -2.55. The molecule has 1 aliphatic carbocycles. The van der Waals surface area contributed by atoms with E-state index in [0.29, 0.717) is 19.6 Å². The van der Waals surface area contributed by atoms with Crippen molar-refractivity contribution in [3.63, 3.8) is 0 Å². The number of carbonyl (C=O) groups is 1. The van der Waals surface area contributed by atoms with Crippen LogP contribution < -0.4 is 5.32 Å². The zero-order valence-corrected chi connectivity index (χ0v) is 10.7. The van der Waals surface area contributed by atoms with Crippen molar-refractivity contribution in [2.24, 2.45) is 11.3 Å². The van der Waals surface area contributed by atoms with Crippen LogP contribution in [-0.2, 0) is 9.53 Å². The van der Waals surface area contributed by atoms with Crippen LogP contribution in [0, 0.1) is 11.3 Å². The fourth-order valence-corrected chi connectivity index (χ4v) is 2.98. The molecule has 16 heavy (non-hydrogen) atoms. The summed E-state index contributed by atoms with van der Waals surface area (Å²) in [5.41, 5.74) is -0.681. The third-order valence-corrected chi connectivity index (χ3v) is 3.59. The van der Waals surface area contributed by atoms with Crippen molar-refractivity contribution >= 4 is 5.97 Å². The molecule has 2 unspecified atom stereocenters. The van der Waals surface area contributed by atoms with Crippen LogP contribution in [0.15, 0.2) is 0 Å². The molecular weight excluding hydrogens is 206 g/mol. The first-order valence-electron chi connectivity index (χ1n) is 5.81. The van der Waals surface area contributed by atoms with Gasteiger partial charge in [-0.25, -0.2) is 0 Å². The number of carboxylic acids is 1. The minimum absolute atomic E-state index is 0.0951. The van der Waals surface area contributed by atoms with Gasteiger partial charge in [-0.3, -0.25) is 10.1 Å². The SMILES string of the molecule is COCCNC1(C(=O)O)CC(C)(C)CC1C. The smallest absolute Gasteiger partial charge is 0.324 e. The molecule has 0 aromatic rings. The lowest BCUT2D eigenvalue weighted by Gasteiger charge is -2.31. The van der Waals surface area contributed by atoms with E-state index in [1.54, 1.807) is 7.11 Å². The molecule has 2 atom stereocenters. The number of carboxylic acid groups (broad SMARTS) is 1. The van der Waals surface area contributed by atoms with Gasteiger partial charge >= 0.3 is 5.97 Å². The van der Waals surface area contributed by atoms with Crippen LogP contribution >= 0.6 is 0 Å². The molecule has 0 bridgehead atoms. The van der Waals surface area contributed by atoms with Crippen molar-refractivity contribution in [1.29, 1.82) is 0 Å². The summed E-state index contributed by atoms with van der Waals surface area (Å²) in [6.45, 7) is 7.41. The molecule has 1 fully saturated rings. The number of hydrogen-bond acceptors (Lipinski definition) is 3. The average Bonchev–Trinajstić information content (AvgIpc) is 2.37. The third-order valence-electron chi connectivity index (χ3n) is 3.59. The molecule has 0 aliphatic heterocycles. The zero-order valence-electron chi connectivity index (χ0n) is 10.7. The second-order valence-electron chi connectivity index (χ2n) is 5.64. The molecule has 1 aliphatic rings. The fraction of sp³-hybridized carbons (Fsp3) is 0.917. The minimum atomic E-state index is -0.776. The van der Waals surface area contributed by atoms with Gasteiger partial charge in [0.25, 0.3) is 0 Å². The van der Waals surface area contributed by atoms with Crippen LogP contribution in [0.25, 0.3) is 0 Å². The molecule has 0 spiro atoms. The first-order chi connectivity index (χ1) is 7.34. The van der Waals surface area contributed by atoms with Crippen LogP contribution in [0.2, 0.25) is 0 Å². The molecule has 0 saturated heterocycles. The molecule has 0 heterocycles. The Kier molecular flexibility index (Phi) is 3.97. The van der Waals surface area contributed by atoms with E-state index in [0.717, 1.165) is 6.42 Å². The number of ether oxygens (including phenoxy) is 1. The maximum absolute atomic E-state index is 11.5. The Bertz CT molecular complexity index is 265. The molecule has 2 N–H and O–H groups in total. The quantitative estimate of drug-likeness (QED) is 0.701. The normalized spacial score (nSPS) is 32.9. The summed E-state index contributed by atoms with van der Waals surface area (Å²) >= 11 is 0. The predicted molar refractivity (Wildman–Crippen MR) is 62.4 cm³/mol. The summed E-state index contributed by atoms with van der Waals surface area (Å²) < 4.78 is 4.96. The van der Waals surface area contributed by atoms with Crippen molar-refractivity contribution in [3.8, 4) is 0 Å². The largest absolute Gasteiger partial charge is 0.480 e. The highest BCUT2D eigenvalue weighted by Crippen LogP contribution is 2.47. The molecule has 0 radical (unpaired) electrons. The lowest BCUT2D eigenvalue weighted by atomic mass is 9.86. The van der Waals surface area contributed by atoms with Crippen molar-refractivity contribution < 1.29 is 14.6 Å². The molecule has 4 heteroatoms. The van der Waals surface area contributed by atoms with E-state index < -0.39 is 11.5 Å². The molecule has 1 rings (SSSR count). The van der Waals surface area contributed by atoms with E-state index in [4.69, 9.17) is 4.74 Å². The molecule has 0 aromatic carbocycles. The van der Waals surface area contributed by atoms with Gasteiger partial charge < -0.3 is 9.84 Å². The van der Waals surface area contributed by atoms with Crippen LogP contribution in [0.1, 0.15) is 33.6 Å². The first-order valence-corrected chi connectivity index (χ1v) is 5.81. The highest BCUT2D eigenvalue weighted by atomic mass is 16.5. The standard InChI is InChI=1S/C12H23NO3/c1-9-7-11(2,3)8-12(9,10(14)15)13-5-6-16-4/h9,13H,5-8H2,1-4H3,(H,14,15). The van der Waals surface area contributed by atoms with Crippen LogP contribution in [-0.4, -0.2) is 36.9 Å². The molecule has 4 nitrogen and oxygen atoms in total. The van der Waals surface area contributed by atoms with Gasteiger partial charge in [-0.2, -0.15) is 0 Å². The van der Waals surface area contributed by atoms with Gasteiger partial charge in [-0.05, 0) is 24.2 Å². The van der Waals surface area contributed by atoms with E-state index in [1.807, 2.05) is 6.92 Å². The Labute approximate surface area is 97.4 Å². The molecule has 0 amide bonds. The second kappa shape index (κ2) is 4.72. The molecule has 1 saturated carbocycles. The number of hydrogen-bond donors (Lipinski definition) is 2. The van der Waals surface area contributed by atoms with Crippen molar-refractivity contribution in [3.05, 3.63) is 0 Å². The van der Waals surface area contributed by atoms with E-state index in [9.17, 15) is 9.90 Å². The minimum Gasteiger partial charge on any atom is -0.480 e. The van der Waals surface area contributed by atoms with Crippen LogP contribution in [0.5, 0.6) is 0 Å². The van der Waals surface area contributed by atoms with Gasteiger partial charge in [0.05, 0.1) is 6.61 Å². The molecular formula is C12H23NO3. The Morgan fingerprint density at radius 2 is 2.19 bits per heavy atom. The average molecular weight is 229 g/mol. The van der Waals surface area contributed by atoms with E-state index >= 15 is 0 Å². The first kappa shape index (κ1) is 13.5. The summed E-state index contributed by atoms with van der Waals surface area (Å²) in [7, 11) is 1.62. The Hall–Kier alpha value is -0.610. The van der Waals surface area contributed by atoms with E-state index in [2.05, 4.69) is 19.2 Å². The number of aliphatic carboxylic acids is 1. The highest BCUT2D eigenvalue weighted by Gasteiger charge is 2.53. The molecule has 94 valence electrons. The maximum Gasteiger partial charge on any atom is 0.324 e. The summed E-state index contributed by atoms with van der Waals surface area (Å²) in [5.74, 6) is -0.585. The van der Waals surface area contributed by atoms with Crippen LogP contribution in [0.3, 0.4) is 0 Å². The van der Waals surface area contributed by atoms with Crippen LogP contribution in [0.4, 0.5) is 0 Å². The number of nitrogens with one attached hydrogen (secondary N) is 1. The van der Waals surface area contributed by atoms with Crippen molar-refractivity contribution in [1.82, 2.24) is 5.32 Å².